The lowest BCUT2D eigenvalue weighted by atomic mass is 10.1. The second-order valence-corrected chi connectivity index (χ2v) is 7.68. The number of aromatic nitrogens is 1. The summed E-state index contributed by atoms with van der Waals surface area (Å²) < 4.78 is 5.91. The molecule has 1 saturated heterocycles. The maximum atomic E-state index is 11.7. The largest absolute Gasteiger partial charge is 0.489 e. The highest BCUT2D eigenvalue weighted by Gasteiger charge is 2.31. The number of hydrogen-bond acceptors (Lipinski definition) is 5. The molecule has 1 N–H and O–H groups in total. The molecule has 0 aliphatic carbocycles. The zero-order valence-electron chi connectivity index (χ0n) is 14.8. The molecular weight excluding hydrogens is 360 g/mol. The van der Waals surface area contributed by atoms with Crippen molar-refractivity contribution in [3.63, 3.8) is 0 Å². The van der Waals surface area contributed by atoms with Crippen LogP contribution in [0.1, 0.15) is 16.7 Å². The van der Waals surface area contributed by atoms with E-state index in [1.165, 1.54) is 5.56 Å². The normalized spacial score (nSPS) is 16.6. The van der Waals surface area contributed by atoms with Crippen molar-refractivity contribution in [3.8, 4) is 5.75 Å². The molecule has 1 fully saturated rings. The Morgan fingerprint density at radius 3 is 2.78 bits per heavy atom. The fourth-order valence-electron chi connectivity index (χ4n) is 3.02. The van der Waals surface area contributed by atoms with Crippen molar-refractivity contribution in [1.29, 1.82) is 0 Å². The number of pyridine rings is 1. The number of fused-ring (bicyclic) bond motifs is 1. The van der Waals surface area contributed by atoms with Crippen LogP contribution in [-0.2, 0) is 17.8 Å². The van der Waals surface area contributed by atoms with E-state index in [9.17, 15) is 9.59 Å². The maximum absolute atomic E-state index is 11.7. The van der Waals surface area contributed by atoms with Gasteiger partial charge < -0.3 is 4.74 Å². The lowest BCUT2D eigenvalue weighted by Gasteiger charge is -2.10. The summed E-state index contributed by atoms with van der Waals surface area (Å²) in [5.41, 5.74) is 4.12. The van der Waals surface area contributed by atoms with Gasteiger partial charge in [-0.15, -0.1) is 0 Å². The molecule has 1 aromatic heterocycles. The predicted octanol–water partition coefficient (Wildman–Crippen LogP) is 4.02. The summed E-state index contributed by atoms with van der Waals surface area (Å²) >= 11 is 1.03. The smallest absolute Gasteiger partial charge is 0.286 e. The number of aryl methyl sites for hydroxylation is 1. The number of imide groups is 1. The van der Waals surface area contributed by atoms with Crippen molar-refractivity contribution in [3.05, 3.63) is 71.4 Å². The number of benzene rings is 2. The van der Waals surface area contributed by atoms with Gasteiger partial charge in [0.1, 0.15) is 12.4 Å². The fraction of sp³-hybridized carbons (Fsp3) is 0.190. The van der Waals surface area contributed by atoms with E-state index >= 15 is 0 Å². The Kier molecular flexibility index (Phi) is 4.81. The number of nitrogens with zero attached hydrogens (tertiary/aromatic N) is 1. The van der Waals surface area contributed by atoms with Crippen LogP contribution < -0.4 is 10.1 Å². The molecule has 4 rings (SSSR count). The van der Waals surface area contributed by atoms with Gasteiger partial charge in [0, 0.05) is 17.6 Å². The summed E-state index contributed by atoms with van der Waals surface area (Å²) in [6, 6.07) is 16.0. The molecule has 2 heterocycles. The number of thioether (sulfide) groups is 1. The van der Waals surface area contributed by atoms with Crippen LogP contribution in [0.5, 0.6) is 5.75 Å². The molecule has 3 aromatic rings. The lowest BCUT2D eigenvalue weighted by molar-refractivity contribution is -0.118. The summed E-state index contributed by atoms with van der Waals surface area (Å²) in [6.07, 6.45) is 2.24. The fourth-order valence-corrected chi connectivity index (χ4v) is 3.88. The second-order valence-electron chi connectivity index (χ2n) is 6.50. The Bertz CT molecular complexity index is 1030. The first-order valence-corrected chi connectivity index (χ1v) is 9.54. The molecule has 27 heavy (non-hydrogen) atoms. The van der Waals surface area contributed by atoms with E-state index in [1.54, 1.807) is 6.20 Å². The summed E-state index contributed by atoms with van der Waals surface area (Å²) in [4.78, 5) is 27.5. The molecule has 136 valence electrons. The first kappa shape index (κ1) is 17.5. The number of carbonyl (C=O) groups is 2. The van der Waals surface area contributed by atoms with Crippen molar-refractivity contribution < 1.29 is 14.3 Å². The predicted molar refractivity (Wildman–Crippen MR) is 106 cm³/mol. The highest BCUT2D eigenvalue weighted by atomic mass is 32.2. The minimum atomic E-state index is -0.381. The summed E-state index contributed by atoms with van der Waals surface area (Å²) in [6.45, 7) is 2.58. The van der Waals surface area contributed by atoms with E-state index in [2.05, 4.69) is 29.4 Å². The van der Waals surface area contributed by atoms with E-state index in [1.807, 2.05) is 36.4 Å². The van der Waals surface area contributed by atoms with E-state index in [4.69, 9.17) is 4.74 Å². The molecule has 5 nitrogen and oxygen atoms in total. The van der Waals surface area contributed by atoms with Gasteiger partial charge in [0.05, 0.1) is 10.8 Å². The second kappa shape index (κ2) is 7.40. The van der Waals surface area contributed by atoms with Crippen LogP contribution in [0.3, 0.4) is 0 Å². The quantitative estimate of drug-likeness (QED) is 0.726. The first-order chi connectivity index (χ1) is 13.1. The maximum Gasteiger partial charge on any atom is 0.286 e. The van der Waals surface area contributed by atoms with E-state index in [-0.39, 0.29) is 16.4 Å². The molecule has 0 saturated carbocycles. The Hall–Kier alpha value is -2.86. The Morgan fingerprint density at radius 2 is 2.00 bits per heavy atom. The zero-order valence-corrected chi connectivity index (χ0v) is 15.6. The number of rotatable bonds is 5. The number of ether oxygens (including phenoxy) is 1. The van der Waals surface area contributed by atoms with Gasteiger partial charge >= 0.3 is 0 Å². The molecule has 1 aliphatic rings. The third-order valence-electron chi connectivity index (χ3n) is 4.56. The summed E-state index contributed by atoms with van der Waals surface area (Å²) in [7, 11) is 0. The van der Waals surface area contributed by atoms with Gasteiger partial charge in [-0.1, -0.05) is 36.0 Å². The molecule has 1 aliphatic heterocycles. The Morgan fingerprint density at radius 1 is 1.15 bits per heavy atom. The number of amides is 2. The molecule has 0 bridgehead atoms. The number of carbonyl (C=O) groups excluding carboxylic acids is 2. The standard InChI is InChI=1S/C21H18N2O3S/c1-13-4-2-3-5-16(13)12-26-17-7-6-15-8-14(11-22-18(15)10-17)9-19-20(24)23-21(25)27-19/h2-8,10-11,19H,9,12H2,1H3,(H,23,24,25). The van der Waals surface area contributed by atoms with Gasteiger partial charge in [-0.05, 0) is 48.2 Å². The third kappa shape index (κ3) is 3.95. The van der Waals surface area contributed by atoms with E-state index < -0.39 is 0 Å². The minimum Gasteiger partial charge on any atom is -0.489 e. The number of nitrogens with one attached hydrogen (secondary N) is 1. The lowest BCUT2D eigenvalue weighted by Crippen LogP contribution is -2.25. The average molecular weight is 378 g/mol. The molecule has 2 aromatic carbocycles. The molecule has 0 radical (unpaired) electrons. The van der Waals surface area contributed by atoms with Gasteiger partial charge in [0.25, 0.3) is 5.24 Å². The van der Waals surface area contributed by atoms with Crippen molar-refractivity contribution >= 4 is 33.8 Å². The van der Waals surface area contributed by atoms with Crippen molar-refractivity contribution in [2.75, 3.05) is 0 Å². The Balaban J connectivity index is 1.48. The van der Waals surface area contributed by atoms with Gasteiger partial charge in [0.15, 0.2) is 0 Å². The number of hydrogen-bond donors (Lipinski definition) is 1. The third-order valence-corrected chi connectivity index (χ3v) is 5.54. The van der Waals surface area contributed by atoms with Crippen LogP contribution in [0, 0.1) is 6.92 Å². The first-order valence-electron chi connectivity index (χ1n) is 8.66. The molecular formula is C21H18N2O3S. The van der Waals surface area contributed by atoms with Crippen molar-refractivity contribution in [2.24, 2.45) is 0 Å². The van der Waals surface area contributed by atoms with Gasteiger partial charge in [0.2, 0.25) is 5.91 Å². The van der Waals surface area contributed by atoms with Crippen LogP contribution in [0.2, 0.25) is 0 Å². The van der Waals surface area contributed by atoms with Gasteiger partial charge in [-0.3, -0.25) is 19.9 Å². The van der Waals surface area contributed by atoms with Crippen LogP contribution in [0.15, 0.2) is 54.7 Å². The van der Waals surface area contributed by atoms with Crippen molar-refractivity contribution in [2.45, 2.75) is 25.2 Å². The molecule has 6 heteroatoms. The highest BCUT2D eigenvalue weighted by molar-refractivity contribution is 8.15. The molecule has 2 amide bonds. The van der Waals surface area contributed by atoms with Crippen molar-refractivity contribution in [1.82, 2.24) is 10.3 Å². The van der Waals surface area contributed by atoms with Crippen LogP contribution >= 0.6 is 11.8 Å². The molecule has 0 spiro atoms. The van der Waals surface area contributed by atoms with Gasteiger partial charge in [-0.25, -0.2) is 0 Å². The summed E-state index contributed by atoms with van der Waals surface area (Å²) in [5.74, 6) is 0.535. The highest BCUT2D eigenvalue weighted by Crippen LogP contribution is 2.25. The average Bonchev–Trinajstić information content (AvgIpc) is 2.98. The van der Waals surface area contributed by atoms with Crippen LogP contribution in [0.4, 0.5) is 4.79 Å². The zero-order chi connectivity index (χ0) is 18.8. The molecule has 1 unspecified atom stereocenters. The molecule has 1 atom stereocenters. The summed E-state index contributed by atoms with van der Waals surface area (Å²) in [5, 5.41) is 2.62. The van der Waals surface area contributed by atoms with Crippen LogP contribution in [-0.4, -0.2) is 21.4 Å². The minimum absolute atomic E-state index is 0.231. The van der Waals surface area contributed by atoms with Crippen LogP contribution in [0.25, 0.3) is 10.9 Å². The SMILES string of the molecule is Cc1ccccc1COc1ccc2cc(CC3SC(=O)NC3=O)cnc2c1. The van der Waals surface area contributed by atoms with E-state index in [0.717, 1.165) is 39.5 Å². The van der Waals surface area contributed by atoms with Gasteiger partial charge in [-0.2, -0.15) is 0 Å². The topological polar surface area (TPSA) is 68.3 Å². The van der Waals surface area contributed by atoms with E-state index in [0.29, 0.717) is 13.0 Å². The monoisotopic (exact) mass is 378 g/mol. The Labute approximate surface area is 161 Å².